The second kappa shape index (κ2) is 12.1. The van der Waals surface area contributed by atoms with Gasteiger partial charge in [-0.3, -0.25) is 4.79 Å². The molecule has 4 aromatic rings. The first-order valence-electron chi connectivity index (χ1n) is 11.8. The van der Waals surface area contributed by atoms with E-state index >= 15 is 0 Å². The lowest BCUT2D eigenvalue weighted by molar-refractivity contribution is -0.153. The summed E-state index contributed by atoms with van der Waals surface area (Å²) in [7, 11) is 0. The van der Waals surface area contributed by atoms with Crippen LogP contribution in [0, 0.1) is 13.8 Å². The molecule has 0 aliphatic carbocycles. The molecule has 0 amide bonds. The van der Waals surface area contributed by atoms with Crippen LogP contribution < -0.4 is 0 Å². The topological polar surface area (TPSA) is 53.7 Å². The molecule has 0 fully saturated rings. The monoisotopic (exact) mass is 557 g/mol. The molecule has 4 rings (SSSR count). The van der Waals surface area contributed by atoms with Crippen molar-refractivity contribution in [3.8, 4) is 11.1 Å². The van der Waals surface area contributed by atoms with Gasteiger partial charge in [0.15, 0.2) is 0 Å². The Morgan fingerprint density at radius 1 is 0.921 bits per heavy atom. The molecule has 9 heteroatoms. The predicted molar refractivity (Wildman–Crippen MR) is 145 cm³/mol. The first kappa shape index (κ1) is 27.9. The summed E-state index contributed by atoms with van der Waals surface area (Å²) in [6.07, 6.45) is -4.52. The average molecular weight is 558 g/mol. The number of benzene rings is 3. The molecule has 0 radical (unpaired) electrons. The molecule has 0 bridgehead atoms. The lowest BCUT2D eigenvalue weighted by atomic mass is 10.0. The van der Waals surface area contributed by atoms with Gasteiger partial charge in [0.05, 0.1) is 12.3 Å². The van der Waals surface area contributed by atoms with E-state index in [2.05, 4.69) is 6.07 Å². The Kier molecular flexibility index (Phi) is 8.91. The number of furan rings is 1. The molecule has 1 N–H and O–H groups in total. The zero-order valence-electron chi connectivity index (χ0n) is 20.8. The first-order chi connectivity index (χ1) is 18.1. The highest BCUT2D eigenvalue weighted by Crippen LogP contribution is 2.34. The summed E-state index contributed by atoms with van der Waals surface area (Å²) in [5, 5.41) is 8.93. The zero-order chi connectivity index (χ0) is 27.3. The van der Waals surface area contributed by atoms with Gasteiger partial charge in [0.2, 0.25) is 5.76 Å². The Morgan fingerprint density at radius 3 is 2.34 bits per heavy atom. The highest BCUT2D eigenvalue weighted by Gasteiger charge is 2.34. The van der Waals surface area contributed by atoms with Gasteiger partial charge in [-0.05, 0) is 78.4 Å². The Bertz CT molecular complexity index is 1400. The average Bonchev–Trinajstić information content (AvgIpc) is 3.34. The number of aryl methyl sites for hydroxylation is 2. The van der Waals surface area contributed by atoms with E-state index < -0.39 is 17.9 Å². The number of aliphatic carboxylic acids is 1. The molecule has 38 heavy (non-hydrogen) atoms. The summed E-state index contributed by atoms with van der Waals surface area (Å²) >= 11 is 2.75. The van der Waals surface area contributed by atoms with Crippen LogP contribution in [0.3, 0.4) is 0 Å². The summed E-state index contributed by atoms with van der Waals surface area (Å²) in [5.74, 6) is -1.63. The SMILES string of the molecule is Cc1ccc(SN(Cc2ccc(-c3cccc(SCC(=O)O)c3)cc2)Cc2ccc(C(F)(F)F)o2)c(C)c1. The van der Waals surface area contributed by atoms with E-state index in [-0.39, 0.29) is 18.1 Å². The fourth-order valence-electron chi connectivity index (χ4n) is 3.87. The summed E-state index contributed by atoms with van der Waals surface area (Å²) in [5.41, 5.74) is 5.18. The van der Waals surface area contributed by atoms with Crippen molar-refractivity contribution in [1.82, 2.24) is 4.31 Å². The van der Waals surface area contributed by atoms with Gasteiger partial charge in [0.25, 0.3) is 0 Å². The van der Waals surface area contributed by atoms with Crippen molar-refractivity contribution in [2.75, 3.05) is 5.75 Å². The Balaban J connectivity index is 1.53. The predicted octanol–water partition coefficient (Wildman–Crippen LogP) is 8.47. The maximum Gasteiger partial charge on any atom is 0.449 e. The van der Waals surface area contributed by atoms with Crippen molar-refractivity contribution in [1.29, 1.82) is 0 Å². The minimum atomic E-state index is -4.52. The molecule has 1 heterocycles. The van der Waals surface area contributed by atoms with Gasteiger partial charge in [-0.15, -0.1) is 11.8 Å². The van der Waals surface area contributed by atoms with Crippen LogP contribution in [0.4, 0.5) is 13.2 Å². The lowest BCUT2D eigenvalue weighted by Gasteiger charge is -2.21. The number of hydrogen-bond acceptors (Lipinski definition) is 5. The van der Waals surface area contributed by atoms with Crippen LogP contribution in [0.25, 0.3) is 11.1 Å². The largest absolute Gasteiger partial charge is 0.481 e. The normalized spacial score (nSPS) is 11.7. The number of carbonyl (C=O) groups is 1. The van der Waals surface area contributed by atoms with Gasteiger partial charge in [0.1, 0.15) is 5.76 Å². The molecule has 0 aliphatic rings. The Hall–Kier alpha value is -3.14. The quantitative estimate of drug-likeness (QED) is 0.156. The van der Waals surface area contributed by atoms with Crippen molar-refractivity contribution in [2.45, 2.75) is 42.9 Å². The first-order valence-corrected chi connectivity index (χ1v) is 13.5. The number of carboxylic acid groups (broad SMARTS) is 1. The number of halogens is 3. The number of carboxylic acids is 1. The van der Waals surface area contributed by atoms with Crippen LogP contribution in [0.5, 0.6) is 0 Å². The molecule has 0 spiro atoms. The highest BCUT2D eigenvalue weighted by molar-refractivity contribution is 8.00. The fraction of sp³-hybridized carbons (Fsp3) is 0.207. The third-order valence-corrected chi connectivity index (χ3v) is 7.82. The molecule has 0 saturated heterocycles. The highest BCUT2D eigenvalue weighted by atomic mass is 32.2. The number of nitrogens with zero attached hydrogens (tertiary/aromatic N) is 1. The zero-order valence-corrected chi connectivity index (χ0v) is 22.4. The lowest BCUT2D eigenvalue weighted by Crippen LogP contribution is -2.15. The van der Waals surface area contributed by atoms with Gasteiger partial charge in [-0.25, -0.2) is 4.31 Å². The van der Waals surface area contributed by atoms with Crippen molar-refractivity contribution in [2.24, 2.45) is 0 Å². The van der Waals surface area contributed by atoms with E-state index in [1.54, 1.807) is 0 Å². The van der Waals surface area contributed by atoms with Gasteiger partial charge in [-0.2, -0.15) is 13.2 Å². The van der Waals surface area contributed by atoms with Crippen LogP contribution in [0.15, 0.2) is 93.1 Å². The second-order valence-electron chi connectivity index (χ2n) is 8.83. The van der Waals surface area contributed by atoms with E-state index in [4.69, 9.17) is 9.52 Å². The molecular weight excluding hydrogens is 531 g/mol. The van der Waals surface area contributed by atoms with Gasteiger partial charge in [0, 0.05) is 16.3 Å². The summed E-state index contributed by atoms with van der Waals surface area (Å²) in [4.78, 5) is 12.8. The molecule has 198 valence electrons. The van der Waals surface area contributed by atoms with E-state index in [1.807, 2.05) is 78.8 Å². The van der Waals surface area contributed by atoms with Crippen molar-refractivity contribution in [3.05, 3.63) is 107 Å². The van der Waals surface area contributed by atoms with E-state index in [0.29, 0.717) is 6.54 Å². The van der Waals surface area contributed by atoms with E-state index in [1.165, 1.54) is 29.8 Å². The van der Waals surface area contributed by atoms with Crippen LogP contribution >= 0.6 is 23.7 Å². The van der Waals surface area contributed by atoms with Crippen LogP contribution in [-0.2, 0) is 24.1 Å². The summed E-state index contributed by atoms with van der Waals surface area (Å²) in [6.45, 7) is 4.70. The number of hydrogen-bond donors (Lipinski definition) is 1. The molecule has 4 nitrogen and oxygen atoms in total. The Morgan fingerprint density at radius 2 is 1.68 bits per heavy atom. The third-order valence-electron chi connectivity index (χ3n) is 5.67. The van der Waals surface area contributed by atoms with Gasteiger partial charge >= 0.3 is 12.1 Å². The standard InChI is InChI=1S/C29H26F3NO3S2/c1-19-6-12-26(20(2)14-19)38-33(17-24-11-13-27(36-24)29(30,31)32)16-21-7-9-22(10-8-21)23-4-3-5-25(15-23)37-18-28(34)35/h3-15H,16-18H2,1-2H3,(H,34,35). The van der Waals surface area contributed by atoms with Gasteiger partial charge < -0.3 is 9.52 Å². The molecular formula is C29H26F3NO3S2. The maximum absolute atomic E-state index is 13.1. The molecule has 0 unspecified atom stereocenters. The summed E-state index contributed by atoms with van der Waals surface area (Å²) < 4.78 is 46.3. The van der Waals surface area contributed by atoms with E-state index in [9.17, 15) is 18.0 Å². The molecule has 3 aromatic carbocycles. The minimum Gasteiger partial charge on any atom is -0.481 e. The van der Waals surface area contributed by atoms with Crippen molar-refractivity contribution < 1.29 is 27.5 Å². The molecule has 0 atom stereocenters. The van der Waals surface area contributed by atoms with Gasteiger partial charge in [-0.1, -0.05) is 54.1 Å². The van der Waals surface area contributed by atoms with Crippen LogP contribution in [0.1, 0.15) is 28.2 Å². The fourth-order valence-corrected chi connectivity index (χ4v) is 5.56. The molecule has 0 aliphatic heterocycles. The number of rotatable bonds is 10. The van der Waals surface area contributed by atoms with Crippen LogP contribution in [-0.4, -0.2) is 21.1 Å². The third kappa shape index (κ3) is 7.69. The minimum absolute atomic E-state index is 0.00349. The Labute approximate surface area is 228 Å². The summed E-state index contributed by atoms with van der Waals surface area (Å²) in [6, 6.07) is 24.1. The van der Waals surface area contributed by atoms with E-state index in [0.717, 1.165) is 43.7 Å². The van der Waals surface area contributed by atoms with Crippen LogP contribution in [0.2, 0.25) is 0 Å². The van der Waals surface area contributed by atoms with Crippen molar-refractivity contribution >= 4 is 29.7 Å². The second-order valence-corrected chi connectivity index (χ2v) is 11.0. The molecule has 0 saturated carbocycles. The maximum atomic E-state index is 13.1. The smallest absolute Gasteiger partial charge is 0.449 e. The number of alkyl halides is 3. The van der Waals surface area contributed by atoms with Crippen molar-refractivity contribution in [3.63, 3.8) is 0 Å². The number of thioether (sulfide) groups is 1. The molecule has 1 aromatic heterocycles.